The van der Waals surface area contributed by atoms with Gasteiger partial charge in [0.25, 0.3) is 5.91 Å². The smallest absolute Gasteiger partial charge is 0.263 e. The van der Waals surface area contributed by atoms with Crippen molar-refractivity contribution >= 4 is 28.6 Å². The van der Waals surface area contributed by atoms with E-state index in [1.165, 1.54) is 41.3 Å². The Hall–Kier alpha value is -1.99. The van der Waals surface area contributed by atoms with Gasteiger partial charge in [-0.05, 0) is 28.8 Å². The lowest BCUT2D eigenvalue weighted by Gasteiger charge is -2.32. The first-order valence-electron chi connectivity index (χ1n) is 10.5. The molecule has 1 aliphatic heterocycles. The highest BCUT2D eigenvalue weighted by atomic mass is 32.1. The number of carbonyl (C=O) groups is 1. The molecule has 0 spiro atoms. The normalized spacial score (nSPS) is 27.6. The maximum atomic E-state index is 13.1. The van der Waals surface area contributed by atoms with Crippen molar-refractivity contribution in [3.8, 4) is 0 Å². The van der Waals surface area contributed by atoms with Crippen LogP contribution in [0.3, 0.4) is 0 Å². The van der Waals surface area contributed by atoms with Crippen LogP contribution in [0.4, 0.5) is 0 Å². The molecule has 2 atom stereocenters. The van der Waals surface area contributed by atoms with Crippen LogP contribution in [0, 0.1) is 17.8 Å². The molecular formula is C24H27N2O2S2+. The number of hydrogen-bond acceptors (Lipinski definition) is 4. The van der Waals surface area contributed by atoms with Crippen molar-refractivity contribution in [2.45, 2.75) is 12.1 Å². The largest absolute Gasteiger partial charge is 0.371 e. The van der Waals surface area contributed by atoms with Gasteiger partial charge in [0.2, 0.25) is 5.60 Å². The van der Waals surface area contributed by atoms with E-state index in [-0.39, 0.29) is 5.91 Å². The number of aliphatic hydroxyl groups is 1. The van der Waals surface area contributed by atoms with Crippen molar-refractivity contribution in [2.75, 3.05) is 26.7 Å². The molecule has 0 bridgehead atoms. The van der Waals surface area contributed by atoms with Gasteiger partial charge in [0.05, 0.1) is 29.9 Å². The fraction of sp³-hybridized carbons (Fsp3) is 0.375. The minimum Gasteiger partial charge on any atom is -0.371 e. The highest BCUT2D eigenvalue weighted by molar-refractivity contribution is 7.12. The summed E-state index contributed by atoms with van der Waals surface area (Å²) in [5.41, 5.74) is -0.201. The lowest BCUT2D eigenvalue weighted by molar-refractivity contribution is -0.916. The molecule has 1 aliphatic carbocycles. The predicted octanol–water partition coefficient (Wildman–Crippen LogP) is 3.68. The zero-order chi connectivity index (χ0) is 20.8. The molecule has 156 valence electrons. The molecule has 4 nitrogen and oxygen atoms in total. The van der Waals surface area contributed by atoms with Crippen LogP contribution in [-0.2, 0) is 16.9 Å². The summed E-state index contributed by atoms with van der Waals surface area (Å²) in [6.45, 7) is 4.06. The first kappa shape index (κ1) is 19.9. The van der Waals surface area contributed by atoms with Crippen LogP contribution in [0.15, 0.2) is 65.4 Å². The molecule has 1 aromatic carbocycles. The van der Waals surface area contributed by atoms with Gasteiger partial charge in [0.15, 0.2) is 0 Å². The molecule has 5 rings (SSSR count). The number of hydrogen-bond donors (Lipinski definition) is 2. The summed E-state index contributed by atoms with van der Waals surface area (Å²) in [7, 11) is 2.35. The lowest BCUT2D eigenvalue weighted by atomic mass is 9.98. The highest BCUT2D eigenvalue weighted by Gasteiger charge is 2.61. The molecule has 1 saturated carbocycles. The number of nitrogens with zero attached hydrogens (tertiary/aromatic N) is 1. The van der Waals surface area contributed by atoms with Gasteiger partial charge in [-0.3, -0.25) is 4.79 Å². The Labute approximate surface area is 185 Å². The molecule has 1 saturated heterocycles. The third-order valence-electron chi connectivity index (χ3n) is 6.80. The maximum absolute atomic E-state index is 13.1. The van der Waals surface area contributed by atoms with E-state index in [2.05, 4.69) is 42.7 Å². The lowest BCUT2D eigenvalue weighted by Crippen LogP contribution is -2.47. The van der Waals surface area contributed by atoms with Gasteiger partial charge in [0, 0.05) is 23.9 Å². The molecule has 30 heavy (non-hydrogen) atoms. The number of benzene rings is 1. The molecule has 6 heteroatoms. The van der Waals surface area contributed by atoms with Crippen LogP contribution in [-0.4, -0.2) is 42.2 Å². The van der Waals surface area contributed by atoms with Crippen molar-refractivity contribution in [1.82, 2.24) is 5.32 Å². The monoisotopic (exact) mass is 439 g/mol. The molecule has 2 aliphatic rings. The van der Waals surface area contributed by atoms with E-state index in [0.29, 0.717) is 34.1 Å². The Kier molecular flexibility index (Phi) is 5.06. The number of nitrogens with one attached hydrogen (secondary N) is 1. The second-order valence-electron chi connectivity index (χ2n) is 8.99. The summed E-state index contributed by atoms with van der Waals surface area (Å²) in [5.74, 6) is 1.58. The molecule has 2 N–H and O–H groups in total. The van der Waals surface area contributed by atoms with Crippen LogP contribution in [0.2, 0.25) is 0 Å². The molecule has 2 aromatic heterocycles. The summed E-state index contributed by atoms with van der Waals surface area (Å²) in [6.07, 6.45) is 0. The van der Waals surface area contributed by atoms with Gasteiger partial charge in [-0.2, -0.15) is 0 Å². The fourth-order valence-corrected chi connectivity index (χ4v) is 7.00. The molecule has 1 amide bonds. The Balaban J connectivity index is 1.20. The number of piperidine rings is 1. The second-order valence-corrected chi connectivity index (χ2v) is 10.9. The quantitative estimate of drug-likeness (QED) is 0.552. The average Bonchev–Trinajstić information content (AvgIpc) is 3.30. The molecule has 2 unspecified atom stereocenters. The van der Waals surface area contributed by atoms with Crippen LogP contribution >= 0.6 is 22.7 Å². The zero-order valence-electron chi connectivity index (χ0n) is 17.0. The fourth-order valence-electron chi connectivity index (χ4n) is 5.27. The van der Waals surface area contributed by atoms with Crippen molar-refractivity contribution in [2.24, 2.45) is 17.8 Å². The number of rotatable bonds is 7. The Morgan fingerprint density at radius 1 is 1.03 bits per heavy atom. The molecular weight excluding hydrogens is 412 g/mol. The van der Waals surface area contributed by atoms with Crippen LogP contribution in [0.25, 0.3) is 0 Å². The minimum absolute atomic E-state index is 0.307. The number of fused-ring (bicyclic) bond motifs is 1. The first-order chi connectivity index (χ1) is 14.5. The van der Waals surface area contributed by atoms with E-state index in [4.69, 9.17) is 0 Å². The van der Waals surface area contributed by atoms with Gasteiger partial charge in [-0.25, -0.2) is 0 Å². The van der Waals surface area contributed by atoms with E-state index >= 15 is 0 Å². The number of amides is 1. The van der Waals surface area contributed by atoms with Crippen LogP contribution in [0.1, 0.15) is 15.3 Å². The van der Waals surface area contributed by atoms with Gasteiger partial charge >= 0.3 is 0 Å². The van der Waals surface area contributed by atoms with Crippen molar-refractivity contribution < 1.29 is 14.4 Å². The van der Waals surface area contributed by atoms with Crippen molar-refractivity contribution in [3.05, 3.63) is 80.7 Å². The summed E-state index contributed by atoms with van der Waals surface area (Å²) in [5, 5.41) is 18.3. The second kappa shape index (κ2) is 7.61. The van der Waals surface area contributed by atoms with E-state index in [1.54, 1.807) is 0 Å². The Morgan fingerprint density at radius 2 is 1.63 bits per heavy atom. The number of likely N-dealkylation sites (tertiary alicyclic amines) is 1. The number of thiophene rings is 2. The molecule has 2 fully saturated rings. The Morgan fingerprint density at radius 3 is 2.17 bits per heavy atom. The summed E-state index contributed by atoms with van der Waals surface area (Å²) in [6, 6.07) is 18.1. The standard InChI is InChI=1S/C24H26N2O2S2/c1-26(14-17-7-3-2-4-8-17)15-19-18(20(19)16-26)13-25-23(27)24(28,21-9-5-11-29-21)22-10-6-12-30-22/h2-12,18-20,28H,13-16H2,1H3/p+1. The topological polar surface area (TPSA) is 49.3 Å². The summed E-state index contributed by atoms with van der Waals surface area (Å²) >= 11 is 2.83. The van der Waals surface area contributed by atoms with Crippen LogP contribution in [0.5, 0.6) is 0 Å². The zero-order valence-corrected chi connectivity index (χ0v) is 18.7. The van der Waals surface area contributed by atoms with Crippen molar-refractivity contribution in [1.29, 1.82) is 0 Å². The van der Waals surface area contributed by atoms with Gasteiger partial charge in [0.1, 0.15) is 6.54 Å². The molecule has 3 heterocycles. The van der Waals surface area contributed by atoms with E-state index in [0.717, 1.165) is 11.0 Å². The molecule has 3 aromatic rings. The number of quaternary nitrogens is 1. The first-order valence-corrected chi connectivity index (χ1v) is 12.2. The average molecular weight is 440 g/mol. The van der Waals surface area contributed by atoms with Gasteiger partial charge < -0.3 is 14.9 Å². The van der Waals surface area contributed by atoms with E-state index in [1.807, 2.05) is 35.0 Å². The summed E-state index contributed by atoms with van der Waals surface area (Å²) < 4.78 is 1.08. The highest BCUT2D eigenvalue weighted by Crippen LogP contribution is 2.54. The van der Waals surface area contributed by atoms with E-state index in [9.17, 15) is 9.90 Å². The van der Waals surface area contributed by atoms with Crippen molar-refractivity contribution in [3.63, 3.8) is 0 Å². The van der Waals surface area contributed by atoms with Crippen LogP contribution < -0.4 is 5.32 Å². The third kappa shape index (κ3) is 3.52. The SMILES string of the molecule is C[N+]1(Cc2ccccc2)CC2C(CNC(=O)C(O)(c3cccs3)c3cccs3)C2C1. The minimum atomic E-state index is -1.59. The Bertz CT molecular complexity index is 955. The van der Waals surface area contributed by atoms with E-state index < -0.39 is 5.60 Å². The van der Waals surface area contributed by atoms with Gasteiger partial charge in [-0.15, -0.1) is 22.7 Å². The van der Waals surface area contributed by atoms with Gasteiger partial charge in [-0.1, -0.05) is 42.5 Å². The summed E-state index contributed by atoms with van der Waals surface area (Å²) in [4.78, 5) is 14.5. The maximum Gasteiger partial charge on any atom is 0.263 e. The molecule has 0 radical (unpaired) electrons. The number of carbonyl (C=O) groups excluding carboxylic acids is 1. The third-order valence-corrected chi connectivity index (χ3v) is 8.76. The predicted molar refractivity (Wildman–Crippen MR) is 121 cm³/mol.